The number of carbonyl (C=O) groups is 4. The highest BCUT2D eigenvalue weighted by Crippen LogP contribution is 2.47. The molecule has 0 radical (unpaired) electrons. The number of amides is 3. The first-order valence-corrected chi connectivity index (χ1v) is 18.3. The molecule has 4 N–H and O–H groups in total. The van der Waals surface area contributed by atoms with E-state index >= 15 is 0 Å². The fraction of sp³-hybridized carbons (Fsp3) is 0.444. The van der Waals surface area contributed by atoms with Gasteiger partial charge in [0.2, 0.25) is 5.91 Å². The van der Waals surface area contributed by atoms with Crippen LogP contribution in [0.5, 0.6) is 11.5 Å². The lowest BCUT2D eigenvalue weighted by Gasteiger charge is -2.49. The first kappa shape index (κ1) is 35.3. The number of rotatable bonds is 13. The predicted molar refractivity (Wildman–Crippen MR) is 187 cm³/mol. The first-order valence-electron chi connectivity index (χ1n) is 16.3. The quantitative estimate of drug-likeness (QED) is 0.109. The van der Waals surface area contributed by atoms with E-state index in [4.69, 9.17) is 4.74 Å². The third-order valence-electron chi connectivity index (χ3n) is 9.09. The number of benzene rings is 1. The van der Waals surface area contributed by atoms with E-state index < -0.39 is 29.4 Å². The van der Waals surface area contributed by atoms with Crippen LogP contribution in [0.15, 0.2) is 64.7 Å². The molecule has 1 aromatic heterocycles. The molecule has 2 aliphatic heterocycles. The number of β-lactam (4-membered cyclic amide) rings is 1. The third-order valence-corrected chi connectivity index (χ3v) is 11.3. The fourth-order valence-corrected chi connectivity index (χ4v) is 8.70. The van der Waals surface area contributed by atoms with Crippen molar-refractivity contribution in [3.05, 3.63) is 80.7 Å². The summed E-state index contributed by atoms with van der Waals surface area (Å²) in [6.07, 6.45) is 6.96. The van der Waals surface area contributed by atoms with Gasteiger partial charge < -0.3 is 25.6 Å². The molecule has 48 heavy (non-hydrogen) atoms. The number of aryl methyl sites for hydroxylation is 1. The zero-order chi connectivity index (χ0) is 34.5. The van der Waals surface area contributed by atoms with Crippen LogP contribution in [0.25, 0.3) is 0 Å². The number of nitrogens with one attached hydrogen (secondary N) is 2. The van der Waals surface area contributed by atoms with E-state index in [2.05, 4.69) is 37.1 Å². The zero-order valence-corrected chi connectivity index (χ0v) is 29.2. The van der Waals surface area contributed by atoms with Gasteiger partial charge in [0, 0.05) is 28.7 Å². The molecule has 0 unspecified atom stereocenters. The van der Waals surface area contributed by atoms with Gasteiger partial charge in [0.1, 0.15) is 28.6 Å². The van der Waals surface area contributed by atoms with Crippen molar-refractivity contribution in [3.8, 4) is 11.5 Å². The number of unbranched alkanes of at least 4 members (excludes halogenated alkanes) is 2. The van der Waals surface area contributed by atoms with Gasteiger partial charge in [0.15, 0.2) is 0 Å². The number of aliphatic carboxylic acids is 1. The maximum Gasteiger partial charge on any atom is 0.412 e. The van der Waals surface area contributed by atoms with Gasteiger partial charge in [-0.1, -0.05) is 49.6 Å². The summed E-state index contributed by atoms with van der Waals surface area (Å²) < 4.78 is 5.89. The molecule has 1 saturated heterocycles. The van der Waals surface area contributed by atoms with Crippen molar-refractivity contribution in [1.82, 2.24) is 15.5 Å². The molecule has 0 spiro atoms. The number of hydrogen-bond donors (Lipinski definition) is 4. The minimum Gasteiger partial charge on any atom is -0.507 e. The van der Waals surface area contributed by atoms with E-state index in [0.717, 1.165) is 54.5 Å². The van der Waals surface area contributed by atoms with Crippen molar-refractivity contribution < 1.29 is 34.1 Å². The minimum atomic E-state index is -1.29. The zero-order valence-electron chi connectivity index (χ0n) is 27.5. The smallest absolute Gasteiger partial charge is 0.412 e. The fourth-order valence-electron chi connectivity index (χ4n) is 6.65. The Labute approximate surface area is 289 Å². The molecule has 1 aliphatic carbocycles. The van der Waals surface area contributed by atoms with Gasteiger partial charge in [-0.25, -0.2) is 9.59 Å². The SMILES string of the molecule is C=C(C)[C@@H]1CCC(C)=C[C@H]1c1c(O)cc(CCCCC)cc1OC(=O)NCC1=C(C(=O)O)N2C(=O)[C@@H](NC(=O)Cc3cccs3)[C@H]2SC1. The molecule has 1 fully saturated rings. The van der Waals surface area contributed by atoms with Crippen molar-refractivity contribution in [1.29, 1.82) is 0 Å². The maximum atomic E-state index is 13.3. The summed E-state index contributed by atoms with van der Waals surface area (Å²) in [7, 11) is 0. The number of ether oxygens (including phenoxy) is 1. The normalized spacial score (nSPS) is 21.9. The Bertz CT molecular complexity index is 1650. The van der Waals surface area contributed by atoms with E-state index in [1.165, 1.54) is 33.6 Å². The summed E-state index contributed by atoms with van der Waals surface area (Å²) in [5.41, 5.74) is 3.70. The predicted octanol–water partition coefficient (Wildman–Crippen LogP) is 6.27. The molecule has 10 nitrogen and oxygen atoms in total. The summed E-state index contributed by atoms with van der Waals surface area (Å²) in [5, 5.41) is 28.1. The number of aromatic hydroxyl groups is 1. The molecule has 2 aromatic rings. The number of carbonyl (C=O) groups excluding carboxylic acids is 3. The second-order valence-corrected chi connectivity index (χ2v) is 14.9. The van der Waals surface area contributed by atoms with E-state index in [-0.39, 0.29) is 53.7 Å². The maximum absolute atomic E-state index is 13.3. The highest BCUT2D eigenvalue weighted by molar-refractivity contribution is 8.00. The summed E-state index contributed by atoms with van der Waals surface area (Å²) in [6.45, 7) is 10.2. The lowest BCUT2D eigenvalue weighted by molar-refractivity contribution is -0.150. The molecule has 12 heteroatoms. The largest absolute Gasteiger partial charge is 0.507 e. The van der Waals surface area contributed by atoms with Crippen LogP contribution in [0.1, 0.15) is 74.8 Å². The number of phenolic OH excluding ortho intramolecular Hbond substituents is 1. The topological polar surface area (TPSA) is 145 Å². The Morgan fingerprint density at radius 2 is 2.00 bits per heavy atom. The molecule has 1 aromatic carbocycles. The van der Waals surface area contributed by atoms with E-state index in [0.29, 0.717) is 11.1 Å². The van der Waals surface area contributed by atoms with Crippen LogP contribution in [0.4, 0.5) is 4.79 Å². The summed E-state index contributed by atoms with van der Waals surface area (Å²) in [4.78, 5) is 53.3. The molecular weight excluding hydrogens is 651 g/mol. The first-order chi connectivity index (χ1) is 23.0. The lowest BCUT2D eigenvalue weighted by atomic mass is 9.73. The number of phenols is 1. The second kappa shape index (κ2) is 15.5. The highest BCUT2D eigenvalue weighted by Gasteiger charge is 2.54. The molecule has 5 rings (SSSR count). The van der Waals surface area contributed by atoms with Crippen LogP contribution in [0.3, 0.4) is 0 Å². The Morgan fingerprint density at radius 1 is 1.21 bits per heavy atom. The summed E-state index contributed by atoms with van der Waals surface area (Å²) in [6, 6.07) is 6.42. The summed E-state index contributed by atoms with van der Waals surface area (Å²) >= 11 is 2.77. The molecule has 4 atom stereocenters. The number of thioether (sulfide) groups is 1. The Balaban J connectivity index is 1.32. The number of nitrogens with zero attached hydrogens (tertiary/aromatic N) is 1. The minimum absolute atomic E-state index is 0.0600. The Morgan fingerprint density at radius 3 is 2.69 bits per heavy atom. The van der Waals surface area contributed by atoms with E-state index in [1.807, 2.05) is 30.5 Å². The Kier molecular flexibility index (Phi) is 11.4. The van der Waals surface area contributed by atoms with Gasteiger partial charge in [0.05, 0.1) is 6.42 Å². The average molecular weight is 694 g/mol. The molecule has 256 valence electrons. The van der Waals surface area contributed by atoms with Crippen molar-refractivity contribution >= 4 is 47.0 Å². The molecular formula is C36H43N3O7S2. The van der Waals surface area contributed by atoms with E-state index in [9.17, 15) is 29.4 Å². The number of carboxylic acid groups (broad SMARTS) is 1. The lowest BCUT2D eigenvalue weighted by Crippen LogP contribution is -2.70. The standard InChI is InChI=1S/C36H43N3O7S2/c1-5-6-7-9-22-15-27(40)30(26-14-21(4)11-12-25(26)20(2)3)28(16-22)46-36(45)37-18-23-19-48-34-31(33(42)39(34)32(23)35(43)44)38-29(41)17-24-10-8-13-47-24/h8,10,13-16,25-26,31,34,40H,2,5-7,9,11-12,17-19H2,1,3-4H3,(H,37,45)(H,38,41)(H,43,44)/t25-,26+,31+,34+/m0/s1. The van der Waals surface area contributed by atoms with Crippen molar-refractivity contribution in [2.75, 3.05) is 12.3 Å². The monoisotopic (exact) mass is 693 g/mol. The van der Waals surface area contributed by atoms with Crippen molar-refractivity contribution in [2.45, 2.75) is 83.1 Å². The van der Waals surface area contributed by atoms with Crippen LogP contribution < -0.4 is 15.4 Å². The van der Waals surface area contributed by atoms with Crippen LogP contribution in [-0.2, 0) is 27.2 Å². The summed E-state index contributed by atoms with van der Waals surface area (Å²) in [5.74, 6) is -1.72. The molecule has 0 saturated carbocycles. The number of allylic oxidation sites excluding steroid dienone is 3. The molecule has 3 heterocycles. The second-order valence-electron chi connectivity index (χ2n) is 12.7. The molecule has 3 amide bonds. The Hall–Kier alpha value is -4.03. The van der Waals surface area contributed by atoms with Gasteiger partial charge >= 0.3 is 12.1 Å². The van der Waals surface area contributed by atoms with Crippen LogP contribution in [-0.4, -0.2) is 62.7 Å². The third kappa shape index (κ3) is 7.81. The highest BCUT2D eigenvalue weighted by atomic mass is 32.2. The number of fused-ring (bicyclic) bond motifs is 1. The van der Waals surface area contributed by atoms with Gasteiger partial charge in [-0.3, -0.25) is 14.5 Å². The van der Waals surface area contributed by atoms with Crippen molar-refractivity contribution in [3.63, 3.8) is 0 Å². The molecule has 3 aliphatic rings. The average Bonchev–Trinajstić information content (AvgIpc) is 3.55. The van der Waals surface area contributed by atoms with Gasteiger partial charge in [-0.2, -0.15) is 0 Å². The van der Waals surface area contributed by atoms with Gasteiger partial charge in [0.25, 0.3) is 5.91 Å². The van der Waals surface area contributed by atoms with Crippen LogP contribution >= 0.6 is 23.1 Å². The van der Waals surface area contributed by atoms with Crippen LogP contribution in [0.2, 0.25) is 0 Å². The number of carboxylic acids is 1. The van der Waals surface area contributed by atoms with Gasteiger partial charge in [-0.15, -0.1) is 23.1 Å². The van der Waals surface area contributed by atoms with Crippen molar-refractivity contribution in [2.24, 2.45) is 5.92 Å². The van der Waals surface area contributed by atoms with Gasteiger partial charge in [-0.05, 0) is 80.2 Å². The van der Waals surface area contributed by atoms with Crippen LogP contribution in [0, 0.1) is 5.92 Å². The number of thiophene rings is 1. The van der Waals surface area contributed by atoms with E-state index in [1.54, 1.807) is 6.07 Å². The number of hydrogen-bond acceptors (Lipinski definition) is 8. The molecule has 0 bridgehead atoms.